The van der Waals surface area contributed by atoms with E-state index in [0.29, 0.717) is 6.61 Å². The molecule has 1 fully saturated rings. The molecule has 0 unspecified atom stereocenters. The van der Waals surface area contributed by atoms with E-state index in [1.54, 1.807) is 12.1 Å². The molecule has 2 rings (SSSR count). The molecule has 102 valence electrons. The number of rotatable bonds is 6. The van der Waals surface area contributed by atoms with Crippen LogP contribution in [0, 0.1) is 0 Å². The first-order valence-electron chi connectivity index (χ1n) is 6.55. The Kier molecular flexibility index (Phi) is 4.39. The van der Waals surface area contributed by atoms with E-state index in [0.717, 1.165) is 24.2 Å². The standard InChI is InChI=1S/C14H18N2O3/c1-2-3-4-9-19-11-7-5-10(6-8-11)12-13(17)16-14(18)15-12/h5-8,12H,2-4,9H2,1H3,(H2,15,16,17,18)/t12-/m1/s1. The number of amides is 3. The number of carbonyl (C=O) groups excluding carboxylic acids is 2. The van der Waals surface area contributed by atoms with Gasteiger partial charge in [-0.1, -0.05) is 31.9 Å². The summed E-state index contributed by atoms with van der Waals surface area (Å²) in [5.74, 6) is 0.464. The Morgan fingerprint density at radius 2 is 1.89 bits per heavy atom. The first-order chi connectivity index (χ1) is 9.20. The molecule has 1 atom stereocenters. The molecule has 5 nitrogen and oxygen atoms in total. The Bertz CT molecular complexity index is 456. The summed E-state index contributed by atoms with van der Waals surface area (Å²) in [6.45, 7) is 2.85. The van der Waals surface area contributed by atoms with E-state index >= 15 is 0 Å². The largest absolute Gasteiger partial charge is 0.494 e. The van der Waals surface area contributed by atoms with Gasteiger partial charge < -0.3 is 10.1 Å². The van der Waals surface area contributed by atoms with Crippen molar-refractivity contribution in [2.75, 3.05) is 6.61 Å². The number of urea groups is 1. The SMILES string of the molecule is CCCCCOc1ccc([C@H]2NC(=O)NC2=O)cc1. The highest BCUT2D eigenvalue weighted by molar-refractivity contribution is 6.04. The molecular weight excluding hydrogens is 244 g/mol. The fourth-order valence-electron chi connectivity index (χ4n) is 1.95. The highest BCUT2D eigenvalue weighted by atomic mass is 16.5. The van der Waals surface area contributed by atoms with Crippen LogP contribution in [-0.2, 0) is 4.79 Å². The second-order valence-corrected chi connectivity index (χ2v) is 4.52. The van der Waals surface area contributed by atoms with Crippen molar-refractivity contribution in [1.29, 1.82) is 0 Å². The first-order valence-corrected chi connectivity index (χ1v) is 6.55. The van der Waals surface area contributed by atoms with Crippen LogP contribution in [0.15, 0.2) is 24.3 Å². The molecule has 0 bridgehead atoms. The highest BCUT2D eigenvalue weighted by Crippen LogP contribution is 2.20. The van der Waals surface area contributed by atoms with E-state index in [4.69, 9.17) is 4.74 Å². The lowest BCUT2D eigenvalue weighted by Crippen LogP contribution is -2.22. The zero-order valence-corrected chi connectivity index (χ0v) is 10.9. The zero-order valence-electron chi connectivity index (χ0n) is 10.9. The number of nitrogens with one attached hydrogen (secondary N) is 2. The molecule has 0 aliphatic carbocycles. The number of unbranched alkanes of at least 4 members (excludes halogenated alkanes) is 2. The van der Waals surface area contributed by atoms with Crippen LogP contribution in [0.4, 0.5) is 4.79 Å². The molecule has 1 aromatic rings. The van der Waals surface area contributed by atoms with Gasteiger partial charge in [-0.3, -0.25) is 10.1 Å². The maximum Gasteiger partial charge on any atom is 0.322 e. The molecule has 0 spiro atoms. The Morgan fingerprint density at radius 1 is 1.16 bits per heavy atom. The predicted octanol–water partition coefficient (Wildman–Crippen LogP) is 2.14. The van der Waals surface area contributed by atoms with E-state index in [1.165, 1.54) is 6.42 Å². The van der Waals surface area contributed by atoms with Crippen molar-refractivity contribution in [2.24, 2.45) is 0 Å². The van der Waals surface area contributed by atoms with Crippen LogP contribution >= 0.6 is 0 Å². The minimum atomic E-state index is -0.596. The molecule has 1 heterocycles. The van der Waals surface area contributed by atoms with Crippen molar-refractivity contribution in [3.05, 3.63) is 29.8 Å². The van der Waals surface area contributed by atoms with Gasteiger partial charge in [-0.2, -0.15) is 0 Å². The maximum atomic E-state index is 11.5. The molecular formula is C14H18N2O3. The van der Waals surface area contributed by atoms with Gasteiger partial charge in [0, 0.05) is 0 Å². The van der Waals surface area contributed by atoms with Gasteiger partial charge in [0.05, 0.1) is 6.61 Å². The third kappa shape index (κ3) is 3.47. The number of hydrogen-bond acceptors (Lipinski definition) is 3. The monoisotopic (exact) mass is 262 g/mol. The molecule has 1 aliphatic heterocycles. The summed E-state index contributed by atoms with van der Waals surface area (Å²) < 4.78 is 5.59. The van der Waals surface area contributed by atoms with Crippen molar-refractivity contribution in [2.45, 2.75) is 32.2 Å². The summed E-state index contributed by atoms with van der Waals surface area (Å²) in [4.78, 5) is 22.5. The molecule has 5 heteroatoms. The number of carbonyl (C=O) groups is 2. The Labute approximate surface area is 112 Å². The summed E-state index contributed by atoms with van der Waals surface area (Å²) in [5, 5.41) is 4.77. The fourth-order valence-corrected chi connectivity index (χ4v) is 1.95. The van der Waals surface area contributed by atoms with E-state index in [2.05, 4.69) is 17.6 Å². The van der Waals surface area contributed by atoms with Crippen LogP contribution in [0.2, 0.25) is 0 Å². The minimum absolute atomic E-state index is 0.318. The summed E-state index contributed by atoms with van der Waals surface area (Å²) >= 11 is 0. The summed E-state index contributed by atoms with van der Waals surface area (Å²) in [5.41, 5.74) is 0.754. The summed E-state index contributed by atoms with van der Waals surface area (Å²) in [6, 6.07) is 6.19. The van der Waals surface area contributed by atoms with Gasteiger partial charge in [0.25, 0.3) is 5.91 Å². The van der Waals surface area contributed by atoms with Gasteiger partial charge in [0.1, 0.15) is 11.8 Å². The average Bonchev–Trinajstić information content (AvgIpc) is 2.75. The topological polar surface area (TPSA) is 67.4 Å². The molecule has 19 heavy (non-hydrogen) atoms. The third-order valence-corrected chi connectivity index (χ3v) is 3.00. The van der Waals surface area contributed by atoms with Gasteiger partial charge in [-0.05, 0) is 24.1 Å². The lowest BCUT2D eigenvalue weighted by atomic mass is 10.1. The lowest BCUT2D eigenvalue weighted by Gasteiger charge is -2.09. The second kappa shape index (κ2) is 6.22. The summed E-state index contributed by atoms with van der Waals surface area (Å²) in [6.07, 6.45) is 3.37. The van der Waals surface area contributed by atoms with Crippen LogP contribution in [0.5, 0.6) is 5.75 Å². The van der Waals surface area contributed by atoms with E-state index in [9.17, 15) is 9.59 Å². The van der Waals surface area contributed by atoms with Crippen molar-refractivity contribution in [3.63, 3.8) is 0 Å². The minimum Gasteiger partial charge on any atom is -0.494 e. The van der Waals surface area contributed by atoms with Crippen LogP contribution in [0.3, 0.4) is 0 Å². The Hall–Kier alpha value is -2.04. The molecule has 1 aromatic carbocycles. The normalized spacial score (nSPS) is 18.1. The number of benzene rings is 1. The van der Waals surface area contributed by atoms with Gasteiger partial charge in [0.2, 0.25) is 0 Å². The Balaban J connectivity index is 1.91. The molecule has 0 aromatic heterocycles. The first kappa shape index (κ1) is 13.4. The van der Waals surface area contributed by atoms with Gasteiger partial charge in [-0.25, -0.2) is 4.79 Å². The van der Waals surface area contributed by atoms with Gasteiger partial charge >= 0.3 is 6.03 Å². The van der Waals surface area contributed by atoms with E-state index < -0.39 is 12.1 Å². The molecule has 1 aliphatic rings. The van der Waals surface area contributed by atoms with Crippen molar-refractivity contribution in [3.8, 4) is 5.75 Å². The zero-order chi connectivity index (χ0) is 13.7. The van der Waals surface area contributed by atoms with Crippen LogP contribution in [-0.4, -0.2) is 18.5 Å². The average molecular weight is 262 g/mol. The van der Waals surface area contributed by atoms with Crippen molar-refractivity contribution >= 4 is 11.9 Å². The van der Waals surface area contributed by atoms with Crippen LogP contribution < -0.4 is 15.4 Å². The molecule has 0 saturated carbocycles. The van der Waals surface area contributed by atoms with Crippen molar-refractivity contribution < 1.29 is 14.3 Å². The second-order valence-electron chi connectivity index (χ2n) is 4.52. The van der Waals surface area contributed by atoms with Gasteiger partial charge in [0.15, 0.2) is 0 Å². The number of ether oxygens (including phenoxy) is 1. The van der Waals surface area contributed by atoms with Crippen LogP contribution in [0.1, 0.15) is 37.8 Å². The molecule has 3 amide bonds. The van der Waals surface area contributed by atoms with Gasteiger partial charge in [-0.15, -0.1) is 0 Å². The smallest absolute Gasteiger partial charge is 0.322 e. The predicted molar refractivity (Wildman–Crippen MR) is 70.9 cm³/mol. The summed E-state index contributed by atoms with van der Waals surface area (Å²) in [7, 11) is 0. The molecule has 0 radical (unpaired) electrons. The Morgan fingerprint density at radius 3 is 2.47 bits per heavy atom. The third-order valence-electron chi connectivity index (χ3n) is 3.00. The molecule has 1 saturated heterocycles. The molecule has 2 N–H and O–H groups in total. The van der Waals surface area contributed by atoms with Crippen LogP contribution in [0.25, 0.3) is 0 Å². The lowest BCUT2D eigenvalue weighted by molar-refractivity contribution is -0.120. The highest BCUT2D eigenvalue weighted by Gasteiger charge is 2.30. The number of hydrogen-bond donors (Lipinski definition) is 2. The van der Waals surface area contributed by atoms with E-state index in [-0.39, 0.29) is 5.91 Å². The van der Waals surface area contributed by atoms with E-state index in [1.807, 2.05) is 12.1 Å². The maximum absolute atomic E-state index is 11.5. The fraction of sp³-hybridized carbons (Fsp3) is 0.429. The quantitative estimate of drug-likeness (QED) is 0.609. The number of imide groups is 1. The van der Waals surface area contributed by atoms with Crippen molar-refractivity contribution in [1.82, 2.24) is 10.6 Å².